The van der Waals surface area contributed by atoms with Crippen molar-refractivity contribution in [2.75, 3.05) is 12.3 Å². The summed E-state index contributed by atoms with van der Waals surface area (Å²) in [5.41, 5.74) is 5.78. The third-order valence-corrected chi connectivity index (χ3v) is 2.65. The van der Waals surface area contributed by atoms with Gasteiger partial charge >= 0.3 is 0 Å². The van der Waals surface area contributed by atoms with Crippen molar-refractivity contribution in [1.82, 2.24) is 9.88 Å². The summed E-state index contributed by atoms with van der Waals surface area (Å²) in [6, 6.07) is 1.52. The maximum Gasteiger partial charge on any atom is 0.265 e. The van der Waals surface area contributed by atoms with Crippen LogP contribution in [0.1, 0.15) is 13.8 Å². The summed E-state index contributed by atoms with van der Waals surface area (Å²) in [5, 5.41) is 2.74. The molecule has 0 aliphatic rings. The fourth-order valence-electron chi connectivity index (χ4n) is 1.27. The first kappa shape index (κ1) is 13.8. The largest absolute Gasteiger partial charge is 0.398 e. The molecular weight excluding hydrogens is 286 g/mol. The topological polar surface area (TPSA) is 77.1 Å². The zero-order valence-corrected chi connectivity index (χ0v) is 11.5. The second kappa shape index (κ2) is 5.86. The van der Waals surface area contributed by atoms with Crippen molar-refractivity contribution in [3.05, 3.63) is 27.1 Å². The van der Waals surface area contributed by atoms with E-state index in [4.69, 9.17) is 5.73 Å². The Labute approximate surface area is 108 Å². The van der Waals surface area contributed by atoms with Gasteiger partial charge in [0.05, 0.1) is 4.47 Å². The molecule has 0 saturated carbocycles. The van der Waals surface area contributed by atoms with Gasteiger partial charge in [-0.1, -0.05) is 13.8 Å². The van der Waals surface area contributed by atoms with Crippen LogP contribution in [0.15, 0.2) is 21.5 Å². The minimum atomic E-state index is -0.265. The Bertz CT molecular complexity index is 468. The Balaban J connectivity index is 2.75. The smallest absolute Gasteiger partial charge is 0.265 e. The highest BCUT2D eigenvalue weighted by Crippen LogP contribution is 2.07. The molecule has 3 N–H and O–H groups in total. The number of nitrogens with zero attached hydrogens (tertiary/aromatic N) is 1. The molecule has 94 valence electrons. The molecule has 0 unspecified atom stereocenters. The standard InChI is InChI=1S/C11H16BrN3O2/c1-7(2)4-14-10(16)6-15-5-8(13)3-9(12)11(15)17/h3,5,7H,4,6,13H2,1-2H3,(H,14,16). The molecule has 1 heterocycles. The van der Waals surface area contributed by atoms with Gasteiger partial charge in [0.25, 0.3) is 5.56 Å². The first-order valence-electron chi connectivity index (χ1n) is 5.32. The van der Waals surface area contributed by atoms with Crippen LogP contribution in [0, 0.1) is 5.92 Å². The minimum absolute atomic E-state index is 0.0187. The molecule has 0 spiro atoms. The summed E-state index contributed by atoms with van der Waals surface area (Å²) in [7, 11) is 0. The lowest BCUT2D eigenvalue weighted by Crippen LogP contribution is -2.34. The zero-order valence-electron chi connectivity index (χ0n) is 9.87. The lowest BCUT2D eigenvalue weighted by molar-refractivity contribution is -0.121. The van der Waals surface area contributed by atoms with E-state index in [9.17, 15) is 9.59 Å². The second-order valence-corrected chi connectivity index (χ2v) is 5.11. The molecule has 0 fully saturated rings. The fraction of sp³-hybridized carbons (Fsp3) is 0.455. The number of hydrogen-bond acceptors (Lipinski definition) is 3. The molecule has 1 rings (SSSR count). The molecule has 0 saturated heterocycles. The lowest BCUT2D eigenvalue weighted by Gasteiger charge is -2.10. The number of pyridine rings is 1. The SMILES string of the molecule is CC(C)CNC(=O)Cn1cc(N)cc(Br)c1=O. The molecule has 0 radical (unpaired) electrons. The summed E-state index contributed by atoms with van der Waals surface area (Å²) in [6.07, 6.45) is 1.46. The van der Waals surface area contributed by atoms with Crippen LogP contribution in [-0.4, -0.2) is 17.0 Å². The molecule has 5 nitrogen and oxygen atoms in total. The monoisotopic (exact) mass is 301 g/mol. The highest BCUT2D eigenvalue weighted by molar-refractivity contribution is 9.10. The molecule has 1 aromatic rings. The summed E-state index contributed by atoms with van der Waals surface area (Å²) >= 11 is 3.10. The van der Waals surface area contributed by atoms with E-state index in [-0.39, 0.29) is 18.0 Å². The lowest BCUT2D eigenvalue weighted by atomic mass is 10.2. The predicted octanol–water partition coefficient (Wildman–Crippen LogP) is 0.965. The highest BCUT2D eigenvalue weighted by Gasteiger charge is 2.07. The molecule has 1 aromatic heterocycles. The molecule has 0 aliphatic heterocycles. The maximum atomic E-state index is 11.7. The van der Waals surface area contributed by atoms with E-state index in [0.717, 1.165) is 0 Å². The number of nitrogen functional groups attached to an aromatic ring is 1. The molecule has 0 aliphatic carbocycles. The zero-order chi connectivity index (χ0) is 13.0. The molecule has 1 amide bonds. The van der Waals surface area contributed by atoms with Gasteiger partial charge in [-0.05, 0) is 27.9 Å². The van der Waals surface area contributed by atoms with Gasteiger partial charge in [-0.25, -0.2) is 0 Å². The molecule has 0 bridgehead atoms. The summed E-state index contributed by atoms with van der Waals surface area (Å²) < 4.78 is 1.64. The Hall–Kier alpha value is -1.30. The number of nitrogens with two attached hydrogens (primary N) is 1. The second-order valence-electron chi connectivity index (χ2n) is 4.25. The Morgan fingerprint density at radius 2 is 2.24 bits per heavy atom. The quantitative estimate of drug-likeness (QED) is 0.870. The average molecular weight is 302 g/mol. The number of halogens is 1. The van der Waals surface area contributed by atoms with Crippen LogP contribution in [0.2, 0.25) is 0 Å². The van der Waals surface area contributed by atoms with Gasteiger partial charge in [-0.15, -0.1) is 0 Å². The predicted molar refractivity (Wildman–Crippen MR) is 70.7 cm³/mol. The average Bonchev–Trinajstić information content (AvgIpc) is 2.22. The number of carbonyl (C=O) groups excluding carboxylic acids is 1. The van der Waals surface area contributed by atoms with Crippen LogP contribution < -0.4 is 16.6 Å². The Morgan fingerprint density at radius 1 is 1.59 bits per heavy atom. The van der Waals surface area contributed by atoms with E-state index in [1.807, 2.05) is 13.8 Å². The molecule has 0 aromatic carbocycles. The van der Waals surface area contributed by atoms with Crippen LogP contribution in [0.25, 0.3) is 0 Å². The summed E-state index contributed by atoms with van der Waals surface area (Å²) in [5.74, 6) is 0.182. The van der Waals surface area contributed by atoms with Crippen LogP contribution >= 0.6 is 15.9 Å². The number of anilines is 1. The number of amides is 1. The number of aromatic nitrogens is 1. The third-order valence-electron chi connectivity index (χ3n) is 2.08. The van der Waals surface area contributed by atoms with E-state index in [1.165, 1.54) is 16.8 Å². The van der Waals surface area contributed by atoms with Gasteiger partial charge in [-0.2, -0.15) is 0 Å². The van der Waals surface area contributed by atoms with Gasteiger partial charge in [0.15, 0.2) is 0 Å². The Morgan fingerprint density at radius 3 is 2.82 bits per heavy atom. The number of nitrogens with one attached hydrogen (secondary N) is 1. The molecule has 6 heteroatoms. The normalized spacial score (nSPS) is 10.6. The van der Waals surface area contributed by atoms with Crippen molar-refractivity contribution >= 4 is 27.5 Å². The number of hydrogen-bond donors (Lipinski definition) is 2. The number of carbonyl (C=O) groups is 1. The van der Waals surface area contributed by atoms with Crippen LogP contribution in [0.3, 0.4) is 0 Å². The first-order valence-corrected chi connectivity index (χ1v) is 6.11. The molecule has 17 heavy (non-hydrogen) atoms. The van der Waals surface area contributed by atoms with E-state index in [1.54, 1.807) is 0 Å². The van der Waals surface area contributed by atoms with Crippen molar-refractivity contribution in [3.63, 3.8) is 0 Å². The Kier molecular flexibility index (Phi) is 4.74. The van der Waals surface area contributed by atoms with E-state index in [0.29, 0.717) is 22.6 Å². The third kappa shape index (κ3) is 4.22. The minimum Gasteiger partial charge on any atom is -0.398 e. The summed E-state index contributed by atoms with van der Waals surface area (Å²) in [4.78, 5) is 23.2. The van der Waals surface area contributed by atoms with Gasteiger partial charge < -0.3 is 15.6 Å². The van der Waals surface area contributed by atoms with Crippen molar-refractivity contribution in [2.45, 2.75) is 20.4 Å². The van der Waals surface area contributed by atoms with E-state index >= 15 is 0 Å². The maximum absolute atomic E-state index is 11.7. The van der Waals surface area contributed by atoms with Gasteiger partial charge in [0.2, 0.25) is 5.91 Å². The summed E-state index contributed by atoms with van der Waals surface area (Å²) in [6.45, 7) is 4.58. The first-order chi connectivity index (χ1) is 7.90. The van der Waals surface area contributed by atoms with Crippen molar-refractivity contribution < 1.29 is 4.79 Å². The van der Waals surface area contributed by atoms with Gasteiger partial charge in [-0.3, -0.25) is 9.59 Å². The highest BCUT2D eigenvalue weighted by atomic mass is 79.9. The molecular formula is C11H16BrN3O2. The van der Waals surface area contributed by atoms with E-state index < -0.39 is 0 Å². The number of rotatable bonds is 4. The molecule has 0 atom stereocenters. The van der Waals surface area contributed by atoms with Crippen molar-refractivity contribution in [1.29, 1.82) is 0 Å². The van der Waals surface area contributed by atoms with Crippen molar-refractivity contribution in [3.8, 4) is 0 Å². The fourth-order valence-corrected chi connectivity index (χ4v) is 1.76. The van der Waals surface area contributed by atoms with E-state index in [2.05, 4.69) is 21.2 Å². The van der Waals surface area contributed by atoms with Crippen LogP contribution in [0.5, 0.6) is 0 Å². The van der Waals surface area contributed by atoms with Gasteiger partial charge in [0.1, 0.15) is 6.54 Å². The van der Waals surface area contributed by atoms with Crippen LogP contribution in [0.4, 0.5) is 5.69 Å². The van der Waals surface area contributed by atoms with Crippen molar-refractivity contribution in [2.24, 2.45) is 5.92 Å². The van der Waals surface area contributed by atoms with Gasteiger partial charge in [0, 0.05) is 18.4 Å². The van der Waals surface area contributed by atoms with Crippen LogP contribution in [-0.2, 0) is 11.3 Å².